The summed E-state index contributed by atoms with van der Waals surface area (Å²) in [6.07, 6.45) is 0.398. The van der Waals surface area contributed by atoms with E-state index in [1.165, 1.54) is 0 Å². The van der Waals surface area contributed by atoms with Crippen LogP contribution in [0.5, 0.6) is 5.75 Å². The minimum Gasteiger partial charge on any atom is -0.489 e. The second-order valence-electron chi connectivity index (χ2n) is 5.33. The summed E-state index contributed by atoms with van der Waals surface area (Å²) >= 11 is 0. The summed E-state index contributed by atoms with van der Waals surface area (Å²) in [5, 5.41) is 3.34. The predicted molar refractivity (Wildman–Crippen MR) is 76.1 cm³/mol. The van der Waals surface area contributed by atoms with Gasteiger partial charge in [0.15, 0.2) is 9.84 Å². The van der Waals surface area contributed by atoms with Crippen molar-refractivity contribution in [2.75, 3.05) is 11.5 Å². The smallest absolute Gasteiger partial charge is 0.154 e. The Morgan fingerprint density at radius 2 is 2.21 bits per heavy atom. The standard InChI is InChI=1S/C14H21NO3S/c1-11(2)15-9-12-4-3-5-13(8-12)18-14-6-7-19(16,17)10-14/h3-5,8,11,14-15H,6-7,9-10H2,1-2H3. The van der Waals surface area contributed by atoms with Crippen molar-refractivity contribution in [2.45, 2.75) is 39.0 Å². The first-order chi connectivity index (χ1) is 8.94. The van der Waals surface area contributed by atoms with Gasteiger partial charge >= 0.3 is 0 Å². The Morgan fingerprint density at radius 3 is 2.84 bits per heavy atom. The summed E-state index contributed by atoms with van der Waals surface area (Å²) in [6.45, 7) is 4.99. The maximum Gasteiger partial charge on any atom is 0.154 e. The van der Waals surface area contributed by atoms with E-state index in [0.29, 0.717) is 12.5 Å². The molecular formula is C14H21NO3S. The van der Waals surface area contributed by atoms with Gasteiger partial charge in [-0.25, -0.2) is 8.42 Å². The van der Waals surface area contributed by atoms with Crippen LogP contribution in [0.3, 0.4) is 0 Å². The van der Waals surface area contributed by atoms with Gasteiger partial charge in [0.1, 0.15) is 11.9 Å². The van der Waals surface area contributed by atoms with Crippen molar-refractivity contribution >= 4 is 9.84 Å². The molecule has 1 aliphatic heterocycles. The van der Waals surface area contributed by atoms with Gasteiger partial charge in [-0.1, -0.05) is 26.0 Å². The van der Waals surface area contributed by atoms with E-state index >= 15 is 0 Å². The quantitative estimate of drug-likeness (QED) is 0.894. The molecule has 1 heterocycles. The number of hydrogen-bond donors (Lipinski definition) is 1. The molecule has 0 aliphatic carbocycles. The van der Waals surface area contributed by atoms with Gasteiger partial charge in [-0.15, -0.1) is 0 Å². The first-order valence-electron chi connectivity index (χ1n) is 6.64. The van der Waals surface area contributed by atoms with Crippen LogP contribution in [-0.2, 0) is 16.4 Å². The molecule has 1 N–H and O–H groups in total. The van der Waals surface area contributed by atoms with Crippen molar-refractivity contribution < 1.29 is 13.2 Å². The molecule has 1 saturated heterocycles. The molecule has 1 aromatic carbocycles. The Hall–Kier alpha value is -1.07. The summed E-state index contributed by atoms with van der Waals surface area (Å²) in [4.78, 5) is 0. The van der Waals surface area contributed by atoms with Crippen molar-refractivity contribution in [1.29, 1.82) is 0 Å². The lowest BCUT2D eigenvalue weighted by molar-refractivity contribution is 0.228. The van der Waals surface area contributed by atoms with Crippen LogP contribution in [-0.4, -0.2) is 32.1 Å². The monoisotopic (exact) mass is 283 g/mol. The van der Waals surface area contributed by atoms with E-state index in [9.17, 15) is 8.42 Å². The van der Waals surface area contributed by atoms with Gasteiger partial charge in [0.05, 0.1) is 11.5 Å². The molecule has 19 heavy (non-hydrogen) atoms. The molecule has 5 heteroatoms. The number of nitrogens with one attached hydrogen (secondary N) is 1. The highest BCUT2D eigenvalue weighted by Gasteiger charge is 2.29. The Labute approximate surface area is 115 Å². The fourth-order valence-corrected chi connectivity index (χ4v) is 3.69. The molecule has 1 atom stereocenters. The lowest BCUT2D eigenvalue weighted by Crippen LogP contribution is -2.22. The third-order valence-corrected chi connectivity index (χ3v) is 4.84. The molecule has 1 unspecified atom stereocenters. The summed E-state index contributed by atoms with van der Waals surface area (Å²) in [5.74, 6) is 1.14. The molecule has 1 aliphatic rings. The van der Waals surface area contributed by atoms with E-state index in [4.69, 9.17) is 4.74 Å². The van der Waals surface area contributed by atoms with Crippen molar-refractivity contribution in [3.05, 3.63) is 29.8 Å². The van der Waals surface area contributed by atoms with Gasteiger partial charge in [0, 0.05) is 12.6 Å². The Kier molecular flexibility index (Phi) is 4.47. The molecule has 0 spiro atoms. The van der Waals surface area contributed by atoms with Crippen molar-refractivity contribution in [3.63, 3.8) is 0 Å². The summed E-state index contributed by atoms with van der Waals surface area (Å²) in [5.41, 5.74) is 1.15. The first-order valence-corrected chi connectivity index (χ1v) is 8.46. The maximum atomic E-state index is 11.4. The molecule has 4 nitrogen and oxygen atoms in total. The minimum atomic E-state index is -2.88. The van der Waals surface area contributed by atoms with Crippen LogP contribution < -0.4 is 10.1 Å². The zero-order valence-corrected chi connectivity index (χ0v) is 12.2. The number of ether oxygens (including phenoxy) is 1. The fourth-order valence-electron chi connectivity index (χ4n) is 2.10. The van der Waals surface area contributed by atoms with E-state index in [0.717, 1.165) is 17.9 Å². The molecule has 1 fully saturated rings. The summed E-state index contributed by atoms with van der Waals surface area (Å²) in [6, 6.07) is 8.26. The molecule has 0 saturated carbocycles. The predicted octanol–water partition coefficient (Wildman–Crippen LogP) is 1.75. The third kappa shape index (κ3) is 4.51. The van der Waals surface area contributed by atoms with Gasteiger partial charge in [-0.3, -0.25) is 0 Å². The van der Waals surface area contributed by atoms with Gasteiger partial charge < -0.3 is 10.1 Å². The number of hydrogen-bond acceptors (Lipinski definition) is 4. The highest BCUT2D eigenvalue weighted by molar-refractivity contribution is 7.91. The third-order valence-electron chi connectivity index (χ3n) is 3.11. The maximum absolute atomic E-state index is 11.4. The van der Waals surface area contributed by atoms with Crippen LogP contribution in [0, 0.1) is 0 Å². The fraction of sp³-hybridized carbons (Fsp3) is 0.571. The molecule has 0 radical (unpaired) electrons. The van der Waals surface area contributed by atoms with Crippen LogP contribution in [0.2, 0.25) is 0 Å². The molecular weight excluding hydrogens is 262 g/mol. The molecule has 106 valence electrons. The van der Waals surface area contributed by atoms with Crippen molar-refractivity contribution in [3.8, 4) is 5.75 Å². The topological polar surface area (TPSA) is 55.4 Å². The molecule has 0 aromatic heterocycles. The minimum absolute atomic E-state index is 0.140. The number of sulfone groups is 1. The number of benzene rings is 1. The van der Waals surface area contributed by atoms with Gasteiger partial charge in [-0.05, 0) is 24.1 Å². The SMILES string of the molecule is CC(C)NCc1cccc(OC2CCS(=O)(=O)C2)c1. The molecule has 0 amide bonds. The average Bonchev–Trinajstić information content (AvgIpc) is 2.66. The van der Waals surface area contributed by atoms with Crippen molar-refractivity contribution in [2.24, 2.45) is 0 Å². The van der Waals surface area contributed by atoms with Crippen LogP contribution in [0.25, 0.3) is 0 Å². The Balaban J connectivity index is 1.95. The molecule has 1 aromatic rings. The van der Waals surface area contributed by atoms with Gasteiger partial charge in [-0.2, -0.15) is 0 Å². The number of rotatable bonds is 5. The highest BCUT2D eigenvalue weighted by Crippen LogP contribution is 2.20. The van der Waals surface area contributed by atoms with Crippen LogP contribution in [0.1, 0.15) is 25.8 Å². The largest absolute Gasteiger partial charge is 0.489 e. The molecule has 0 bridgehead atoms. The summed E-state index contributed by atoms with van der Waals surface area (Å²) in [7, 11) is -2.88. The second kappa shape index (κ2) is 5.92. The lowest BCUT2D eigenvalue weighted by Gasteiger charge is -2.14. The lowest BCUT2D eigenvalue weighted by atomic mass is 10.2. The van der Waals surface area contributed by atoms with E-state index < -0.39 is 9.84 Å². The average molecular weight is 283 g/mol. The Bertz CT molecular complexity index is 525. The van der Waals surface area contributed by atoms with E-state index in [-0.39, 0.29) is 17.6 Å². The van der Waals surface area contributed by atoms with E-state index in [2.05, 4.69) is 19.2 Å². The highest BCUT2D eigenvalue weighted by atomic mass is 32.2. The van der Waals surface area contributed by atoms with Crippen molar-refractivity contribution in [1.82, 2.24) is 5.32 Å². The van der Waals surface area contributed by atoms with E-state index in [1.807, 2.05) is 24.3 Å². The first kappa shape index (κ1) is 14.3. The van der Waals surface area contributed by atoms with Gasteiger partial charge in [0.25, 0.3) is 0 Å². The zero-order chi connectivity index (χ0) is 13.9. The van der Waals surface area contributed by atoms with Crippen LogP contribution in [0.15, 0.2) is 24.3 Å². The van der Waals surface area contributed by atoms with Gasteiger partial charge in [0.2, 0.25) is 0 Å². The zero-order valence-electron chi connectivity index (χ0n) is 11.4. The second-order valence-corrected chi connectivity index (χ2v) is 7.55. The normalized spacial score (nSPS) is 21.7. The summed E-state index contributed by atoms with van der Waals surface area (Å²) < 4.78 is 28.5. The van der Waals surface area contributed by atoms with E-state index in [1.54, 1.807) is 0 Å². The van der Waals surface area contributed by atoms with Crippen LogP contribution in [0.4, 0.5) is 0 Å². The van der Waals surface area contributed by atoms with Crippen LogP contribution >= 0.6 is 0 Å². The Morgan fingerprint density at radius 1 is 1.42 bits per heavy atom. The molecule has 2 rings (SSSR count).